The molecule has 5 fully saturated rings. The summed E-state index contributed by atoms with van der Waals surface area (Å²) >= 11 is 0. The topological polar surface area (TPSA) is 170 Å². The minimum Gasteiger partial charge on any atom is -0.462 e. The zero-order valence-corrected chi connectivity index (χ0v) is 37.8. The van der Waals surface area contributed by atoms with Crippen LogP contribution in [0, 0.1) is 23.7 Å². The van der Waals surface area contributed by atoms with Gasteiger partial charge in [-0.3, -0.25) is 4.79 Å². The van der Waals surface area contributed by atoms with E-state index in [2.05, 4.69) is 40.7 Å². The molecule has 1 aliphatic carbocycles. The van der Waals surface area contributed by atoms with Crippen LogP contribution in [0.5, 0.6) is 0 Å². The first-order valence-electron chi connectivity index (χ1n) is 22.6. The third-order valence-electron chi connectivity index (χ3n) is 14.4. The Hall–Kier alpha value is -2.05. The first kappa shape index (κ1) is 46.9. The molecule has 2 bridgehead atoms. The van der Waals surface area contributed by atoms with E-state index < -0.39 is 90.8 Å². The fourth-order valence-corrected chi connectivity index (χ4v) is 10.8. The van der Waals surface area contributed by atoms with Crippen LogP contribution in [0.4, 0.5) is 0 Å². The average molecular weight is 861 g/mol. The van der Waals surface area contributed by atoms with Crippen molar-refractivity contribution in [1.29, 1.82) is 0 Å². The quantitative estimate of drug-likeness (QED) is 0.225. The minimum absolute atomic E-state index is 0.0210. The molecule has 344 valence electrons. The number of ether oxygens (including phenoxy) is 10. The predicted octanol–water partition coefficient (Wildman–Crippen LogP) is 5.21. The van der Waals surface area contributed by atoms with Crippen molar-refractivity contribution in [2.75, 3.05) is 20.8 Å². The fraction of sp³-hybridized carbons (Fsp3) is 0.809. The molecule has 7 aliphatic rings. The largest absolute Gasteiger partial charge is 0.462 e. The molecule has 0 aromatic rings. The van der Waals surface area contributed by atoms with Crippen LogP contribution in [0.15, 0.2) is 47.1 Å². The Morgan fingerprint density at radius 2 is 1.59 bits per heavy atom. The van der Waals surface area contributed by atoms with Gasteiger partial charge in [0.25, 0.3) is 0 Å². The Morgan fingerprint density at radius 1 is 0.885 bits per heavy atom. The first-order valence-corrected chi connectivity index (χ1v) is 22.6. The molecule has 6 aliphatic heterocycles. The standard InChI is InChI=1S/C47H72O14/c1-24(2)41-27(5)16-17-46(61-41)22-33-19-32(60-46)15-14-26(4)42(25(3)12-11-13-31-23-54-44-39(48)28(6)18-34(45(50)57-33)47(31,44)51)58-38-21-36(53-10)43(30(8)56-38)59-37-20-35(52-9)40(49)29(7)55-37/h11-14,18,24-25,27,29-30,32-44,48-49,51H,15-17,19-23H2,1-10H3/b12-11+,26-14+,31-13+/t25-,27+,29-,30-,32+,33-,34-,35-,36-,37-,38-,39+,40-,41-,42-,43-,44+,46+,47+/m1/s1. The van der Waals surface area contributed by atoms with Crippen molar-refractivity contribution in [2.24, 2.45) is 23.7 Å². The number of esters is 1. The van der Waals surface area contributed by atoms with Crippen LogP contribution in [0.2, 0.25) is 0 Å². The second-order valence-electron chi connectivity index (χ2n) is 19.2. The summed E-state index contributed by atoms with van der Waals surface area (Å²) in [5.74, 6) is -2.15. The van der Waals surface area contributed by atoms with Crippen LogP contribution in [-0.2, 0) is 52.2 Å². The highest BCUT2D eigenvalue weighted by molar-refractivity contribution is 5.78. The number of rotatable bonds is 7. The van der Waals surface area contributed by atoms with E-state index in [-0.39, 0.29) is 36.8 Å². The second-order valence-corrected chi connectivity index (χ2v) is 19.2. The zero-order valence-electron chi connectivity index (χ0n) is 37.8. The number of methoxy groups -OCH3 is 2. The predicted molar refractivity (Wildman–Crippen MR) is 223 cm³/mol. The van der Waals surface area contributed by atoms with E-state index in [1.165, 1.54) is 0 Å². The van der Waals surface area contributed by atoms with Crippen molar-refractivity contribution >= 4 is 5.97 Å². The Bertz CT molecular complexity index is 1660. The van der Waals surface area contributed by atoms with Crippen LogP contribution in [0.25, 0.3) is 0 Å². The number of fused-ring (bicyclic) bond motifs is 2. The van der Waals surface area contributed by atoms with Gasteiger partial charge in [0.2, 0.25) is 0 Å². The third-order valence-corrected chi connectivity index (χ3v) is 14.4. The lowest BCUT2D eigenvalue weighted by Gasteiger charge is -2.50. The number of hydrogen-bond donors (Lipinski definition) is 3. The van der Waals surface area contributed by atoms with E-state index in [9.17, 15) is 20.1 Å². The summed E-state index contributed by atoms with van der Waals surface area (Å²) in [5, 5.41) is 34.2. The smallest absolute Gasteiger partial charge is 0.316 e. The number of aliphatic hydroxyl groups is 3. The summed E-state index contributed by atoms with van der Waals surface area (Å²) in [4.78, 5) is 14.3. The first-order chi connectivity index (χ1) is 29.0. The summed E-state index contributed by atoms with van der Waals surface area (Å²) < 4.78 is 63.7. The molecule has 0 radical (unpaired) electrons. The van der Waals surface area contributed by atoms with Gasteiger partial charge < -0.3 is 62.7 Å². The number of aliphatic hydroxyl groups excluding tert-OH is 2. The molecule has 0 unspecified atom stereocenters. The van der Waals surface area contributed by atoms with Crippen LogP contribution in [0.1, 0.15) is 100 Å². The maximum absolute atomic E-state index is 14.3. The molecule has 0 aromatic heterocycles. The maximum atomic E-state index is 14.3. The van der Waals surface area contributed by atoms with Crippen molar-refractivity contribution in [2.45, 2.75) is 198 Å². The van der Waals surface area contributed by atoms with Crippen molar-refractivity contribution in [1.82, 2.24) is 0 Å². The van der Waals surface area contributed by atoms with Crippen molar-refractivity contribution in [3.05, 3.63) is 47.1 Å². The van der Waals surface area contributed by atoms with Crippen molar-refractivity contribution < 1.29 is 67.5 Å². The lowest BCUT2D eigenvalue weighted by molar-refractivity contribution is -0.340. The van der Waals surface area contributed by atoms with Gasteiger partial charge in [-0.2, -0.15) is 0 Å². The zero-order chi connectivity index (χ0) is 44.0. The number of hydrogen-bond acceptors (Lipinski definition) is 14. The third kappa shape index (κ3) is 9.67. The Kier molecular flexibility index (Phi) is 14.8. The molecule has 3 N–H and O–H groups in total. The van der Waals surface area contributed by atoms with Gasteiger partial charge in [0.05, 0.1) is 49.3 Å². The highest BCUT2D eigenvalue weighted by atomic mass is 16.7. The highest BCUT2D eigenvalue weighted by Crippen LogP contribution is 2.48. The van der Waals surface area contributed by atoms with E-state index in [0.717, 1.165) is 12.0 Å². The average Bonchev–Trinajstić information content (AvgIpc) is 3.56. The molecular formula is C47H72O14. The summed E-state index contributed by atoms with van der Waals surface area (Å²) in [5.41, 5.74) is 0.184. The molecule has 14 heteroatoms. The van der Waals surface area contributed by atoms with Crippen LogP contribution < -0.4 is 0 Å². The summed E-state index contributed by atoms with van der Waals surface area (Å²) in [6, 6.07) is 0. The number of allylic oxidation sites excluding steroid dienone is 2. The summed E-state index contributed by atoms with van der Waals surface area (Å²) in [6.07, 6.45) is 5.52. The van der Waals surface area contributed by atoms with Crippen molar-refractivity contribution in [3.63, 3.8) is 0 Å². The SMILES string of the molecule is CO[C@@H]1C[C@@H](O[C@@H]2[C@@H](C)O[C@H](O[C@H]3/C(C)=C/C[C@H]4C[C@H](C[C@@]5(CC[C@H](C)[C@@H](C(C)C)O5)O4)OC(=O)[C@H]4C=C(C)[C@H](O)[C@@H]5OC/C(=C\C=C\[C@H]3C)[C@]45O)C[C@H]2OC)O[C@H](C)[C@H]1O. The maximum Gasteiger partial charge on any atom is 0.316 e. The van der Waals surface area contributed by atoms with Gasteiger partial charge in [-0.25, -0.2) is 0 Å². The van der Waals surface area contributed by atoms with E-state index in [4.69, 9.17) is 47.4 Å². The van der Waals surface area contributed by atoms with Gasteiger partial charge >= 0.3 is 5.97 Å². The van der Waals surface area contributed by atoms with Gasteiger partial charge in [0.1, 0.15) is 42.0 Å². The fourth-order valence-electron chi connectivity index (χ4n) is 10.8. The molecule has 6 heterocycles. The Balaban J connectivity index is 1.17. The van der Waals surface area contributed by atoms with Gasteiger partial charge in [-0.1, -0.05) is 58.1 Å². The number of carbonyl (C=O) groups excluding carboxylic acids is 1. The molecular weight excluding hydrogens is 789 g/mol. The molecule has 7 rings (SSSR count). The Labute approximate surface area is 361 Å². The molecule has 14 nitrogen and oxygen atoms in total. The van der Waals surface area contributed by atoms with Crippen LogP contribution >= 0.6 is 0 Å². The normalized spacial score (nSPS) is 49.6. The lowest BCUT2D eigenvalue weighted by Crippen LogP contribution is -2.58. The second kappa shape index (κ2) is 19.2. The van der Waals surface area contributed by atoms with Gasteiger partial charge in [0, 0.05) is 52.2 Å². The van der Waals surface area contributed by atoms with Crippen molar-refractivity contribution in [3.8, 4) is 0 Å². The van der Waals surface area contributed by atoms with Crippen LogP contribution in [-0.4, -0.2) is 139 Å². The van der Waals surface area contributed by atoms with Gasteiger partial charge in [0.15, 0.2) is 18.4 Å². The summed E-state index contributed by atoms with van der Waals surface area (Å²) in [7, 11) is 3.22. The monoisotopic (exact) mass is 860 g/mol. The molecule has 0 saturated carbocycles. The van der Waals surface area contributed by atoms with E-state index in [1.807, 2.05) is 19.1 Å². The minimum atomic E-state index is -1.82. The van der Waals surface area contributed by atoms with Gasteiger partial charge in [-0.05, 0) is 69.1 Å². The van der Waals surface area contributed by atoms with E-state index in [1.54, 1.807) is 40.2 Å². The lowest BCUT2D eigenvalue weighted by atomic mass is 9.71. The molecule has 1 spiro atoms. The van der Waals surface area contributed by atoms with E-state index >= 15 is 0 Å². The molecule has 0 amide bonds. The Morgan fingerprint density at radius 3 is 2.31 bits per heavy atom. The number of carbonyl (C=O) groups is 1. The van der Waals surface area contributed by atoms with Gasteiger partial charge in [-0.15, -0.1) is 0 Å². The summed E-state index contributed by atoms with van der Waals surface area (Å²) in [6.45, 7) is 16.2. The molecule has 61 heavy (non-hydrogen) atoms. The molecule has 0 aromatic carbocycles. The highest BCUT2D eigenvalue weighted by Gasteiger charge is 2.60. The molecule has 19 atom stereocenters. The molecule has 5 saturated heterocycles. The van der Waals surface area contributed by atoms with Crippen LogP contribution in [0.3, 0.4) is 0 Å². The van der Waals surface area contributed by atoms with E-state index in [0.29, 0.717) is 55.6 Å².